The van der Waals surface area contributed by atoms with Crippen LogP contribution >= 0.6 is 0 Å². The van der Waals surface area contributed by atoms with Crippen LogP contribution in [-0.4, -0.2) is 40.8 Å². The van der Waals surface area contributed by atoms with Crippen molar-refractivity contribution in [1.29, 1.82) is 0 Å². The highest BCUT2D eigenvalue weighted by Gasteiger charge is 2.40. The Hall–Kier alpha value is -1.23. The predicted octanol–water partition coefficient (Wildman–Crippen LogP) is -1.59. The van der Waals surface area contributed by atoms with Crippen molar-refractivity contribution in [3.05, 3.63) is 0 Å². The van der Waals surface area contributed by atoms with Crippen molar-refractivity contribution in [3.63, 3.8) is 0 Å². The number of nitrogens with two attached hydrogens (primary N) is 1. The van der Waals surface area contributed by atoms with Gasteiger partial charge < -0.3 is 10.2 Å². The third kappa shape index (κ3) is 5.27. The summed E-state index contributed by atoms with van der Waals surface area (Å²) in [5.74, 6) is -3.29. The summed E-state index contributed by atoms with van der Waals surface area (Å²) in [4.78, 5) is 20.6. The molecule has 15 heavy (non-hydrogen) atoms. The molecule has 0 aromatic heterocycles. The fourth-order valence-electron chi connectivity index (χ4n) is 0.665. The molecule has 0 aliphatic heterocycles. The van der Waals surface area contributed by atoms with E-state index in [-0.39, 0.29) is 0 Å². The molecule has 0 radical (unpaired) electrons. The fraction of sp³-hybridized carbons (Fsp3) is 0.600. The molecule has 0 spiro atoms. The van der Waals surface area contributed by atoms with E-state index in [9.17, 15) is 18.0 Å². The zero-order valence-electron chi connectivity index (χ0n) is 7.28. The first-order valence-electron chi connectivity index (χ1n) is 3.49. The van der Waals surface area contributed by atoms with Crippen molar-refractivity contribution in [2.75, 3.05) is 0 Å². The molecular formula is C5H9NO8S. The van der Waals surface area contributed by atoms with Crippen LogP contribution in [0.2, 0.25) is 0 Å². The standard InChI is InChI=1S/C5H9NO8S/c6-5(4(9)10,2-1-3(7)8)14-15(11,12)13/h1-2,6H2,(H,7,8)(H,9,10)(H,11,12,13)/t5-/m1/s1. The summed E-state index contributed by atoms with van der Waals surface area (Å²) in [7, 11) is -5.07. The SMILES string of the molecule is N[C@](CCC(=O)O)(OS(=O)(=O)O)C(=O)O. The number of hydrogen-bond acceptors (Lipinski definition) is 6. The van der Waals surface area contributed by atoms with E-state index in [1.807, 2.05) is 0 Å². The molecule has 0 aliphatic carbocycles. The molecule has 0 unspecified atom stereocenters. The Balaban J connectivity index is 4.75. The van der Waals surface area contributed by atoms with Crippen LogP contribution in [0.3, 0.4) is 0 Å². The molecule has 0 aromatic carbocycles. The molecule has 0 aromatic rings. The molecule has 0 amide bonds. The van der Waals surface area contributed by atoms with Crippen molar-refractivity contribution in [3.8, 4) is 0 Å². The Morgan fingerprint density at radius 2 is 1.80 bits per heavy atom. The summed E-state index contributed by atoms with van der Waals surface area (Å²) < 4.78 is 32.4. The first-order valence-corrected chi connectivity index (χ1v) is 4.85. The van der Waals surface area contributed by atoms with Gasteiger partial charge in [0.15, 0.2) is 0 Å². The van der Waals surface area contributed by atoms with Crippen molar-refractivity contribution in [2.45, 2.75) is 18.6 Å². The zero-order chi connectivity index (χ0) is 12.3. The summed E-state index contributed by atoms with van der Waals surface area (Å²) in [6.07, 6.45) is -1.53. The van der Waals surface area contributed by atoms with Gasteiger partial charge in [0.2, 0.25) is 5.72 Å². The van der Waals surface area contributed by atoms with Gasteiger partial charge in [-0.1, -0.05) is 0 Å². The van der Waals surface area contributed by atoms with Gasteiger partial charge in [-0.05, 0) is 0 Å². The first kappa shape index (κ1) is 13.8. The molecule has 1 atom stereocenters. The van der Waals surface area contributed by atoms with Crippen LogP contribution in [0.25, 0.3) is 0 Å². The molecule has 0 rings (SSSR count). The quantitative estimate of drug-likeness (QED) is 0.318. The van der Waals surface area contributed by atoms with Gasteiger partial charge in [-0.3, -0.25) is 15.1 Å². The molecule has 0 bridgehead atoms. The largest absolute Gasteiger partial charge is 0.481 e. The first-order chi connectivity index (χ1) is 6.57. The normalized spacial score (nSPS) is 15.6. The lowest BCUT2D eigenvalue weighted by atomic mass is 10.1. The van der Waals surface area contributed by atoms with Gasteiger partial charge in [0.25, 0.3) is 0 Å². The highest BCUT2D eigenvalue weighted by Crippen LogP contribution is 2.14. The fourth-order valence-corrected chi connectivity index (χ4v) is 1.20. The minimum atomic E-state index is -5.07. The van der Waals surface area contributed by atoms with Gasteiger partial charge in [-0.25, -0.2) is 8.98 Å². The minimum Gasteiger partial charge on any atom is -0.481 e. The number of hydrogen-bond donors (Lipinski definition) is 4. The molecule has 0 aliphatic rings. The van der Waals surface area contributed by atoms with Crippen molar-refractivity contribution in [2.24, 2.45) is 5.73 Å². The summed E-state index contributed by atoms with van der Waals surface area (Å²) in [5.41, 5.74) is 2.17. The Labute approximate surface area is 84.4 Å². The molecule has 0 saturated carbocycles. The van der Waals surface area contributed by atoms with Crippen molar-refractivity contribution >= 4 is 22.3 Å². The maximum Gasteiger partial charge on any atom is 0.399 e. The van der Waals surface area contributed by atoms with E-state index in [4.69, 9.17) is 20.5 Å². The van der Waals surface area contributed by atoms with Crippen LogP contribution in [0, 0.1) is 0 Å². The van der Waals surface area contributed by atoms with Gasteiger partial charge in [-0.2, -0.15) is 8.42 Å². The molecule has 0 fully saturated rings. The number of carbonyl (C=O) groups is 2. The minimum absolute atomic E-state index is 0.724. The topological polar surface area (TPSA) is 164 Å². The average molecular weight is 243 g/mol. The molecular weight excluding hydrogens is 234 g/mol. The van der Waals surface area contributed by atoms with E-state index in [1.165, 1.54) is 0 Å². The maximum atomic E-state index is 10.5. The molecule has 0 saturated heterocycles. The van der Waals surface area contributed by atoms with Gasteiger partial charge in [0.05, 0.1) is 6.42 Å². The monoisotopic (exact) mass is 243 g/mol. The number of carboxylic acids is 2. The average Bonchev–Trinajstić information content (AvgIpc) is 1.97. The van der Waals surface area contributed by atoms with E-state index >= 15 is 0 Å². The summed E-state index contributed by atoms with van der Waals surface area (Å²) in [6.45, 7) is 0. The summed E-state index contributed by atoms with van der Waals surface area (Å²) in [5, 5.41) is 16.7. The van der Waals surface area contributed by atoms with Gasteiger partial charge in [-0.15, -0.1) is 0 Å². The predicted molar refractivity (Wildman–Crippen MR) is 44.1 cm³/mol. The second kappa shape index (κ2) is 4.53. The molecule has 0 heterocycles. The lowest BCUT2D eigenvalue weighted by Gasteiger charge is -2.21. The van der Waals surface area contributed by atoms with E-state index < -0.39 is 40.9 Å². The Morgan fingerprint density at radius 1 is 1.33 bits per heavy atom. The van der Waals surface area contributed by atoms with Crippen molar-refractivity contribution < 1.29 is 37.0 Å². The lowest BCUT2D eigenvalue weighted by molar-refractivity contribution is -0.156. The molecule has 88 valence electrons. The number of carboxylic acid groups (broad SMARTS) is 2. The Morgan fingerprint density at radius 3 is 2.07 bits per heavy atom. The van der Waals surface area contributed by atoms with Gasteiger partial charge in [0.1, 0.15) is 0 Å². The second-order valence-electron chi connectivity index (χ2n) is 2.60. The molecule has 5 N–H and O–H groups in total. The van der Waals surface area contributed by atoms with Crippen LogP contribution in [-0.2, 0) is 24.2 Å². The van der Waals surface area contributed by atoms with E-state index in [0.717, 1.165) is 0 Å². The van der Waals surface area contributed by atoms with Crippen LogP contribution in [0.15, 0.2) is 0 Å². The van der Waals surface area contributed by atoms with Gasteiger partial charge in [0, 0.05) is 6.42 Å². The van der Waals surface area contributed by atoms with Crippen LogP contribution in [0.1, 0.15) is 12.8 Å². The second-order valence-corrected chi connectivity index (χ2v) is 3.62. The highest BCUT2D eigenvalue weighted by molar-refractivity contribution is 7.81. The van der Waals surface area contributed by atoms with E-state index in [0.29, 0.717) is 0 Å². The lowest BCUT2D eigenvalue weighted by Crippen LogP contribution is -2.51. The van der Waals surface area contributed by atoms with Gasteiger partial charge >= 0.3 is 22.3 Å². The third-order valence-corrected chi connectivity index (χ3v) is 1.83. The molecule has 9 nitrogen and oxygen atoms in total. The van der Waals surface area contributed by atoms with Crippen molar-refractivity contribution in [1.82, 2.24) is 0 Å². The smallest absolute Gasteiger partial charge is 0.399 e. The van der Waals surface area contributed by atoms with E-state index in [1.54, 1.807) is 0 Å². The molecule has 10 heteroatoms. The zero-order valence-corrected chi connectivity index (χ0v) is 8.10. The summed E-state index contributed by atoms with van der Waals surface area (Å²) in [6, 6.07) is 0. The number of rotatable bonds is 6. The Bertz CT molecular complexity index is 361. The highest BCUT2D eigenvalue weighted by atomic mass is 32.3. The van der Waals surface area contributed by atoms with E-state index in [2.05, 4.69) is 4.18 Å². The third-order valence-electron chi connectivity index (χ3n) is 1.33. The maximum absolute atomic E-state index is 10.5. The van der Waals surface area contributed by atoms with Crippen LogP contribution < -0.4 is 5.73 Å². The van der Waals surface area contributed by atoms with Crippen LogP contribution in [0.5, 0.6) is 0 Å². The van der Waals surface area contributed by atoms with Crippen LogP contribution in [0.4, 0.5) is 0 Å². The Kier molecular flexibility index (Phi) is 4.16. The summed E-state index contributed by atoms with van der Waals surface area (Å²) >= 11 is 0. The number of aliphatic carboxylic acids is 2.